The van der Waals surface area contributed by atoms with Gasteiger partial charge in [0.15, 0.2) is 11.6 Å². The monoisotopic (exact) mass is 240 g/mol. The molecule has 0 unspecified atom stereocenters. The smallest absolute Gasteiger partial charge is 0.165 e. The Labute approximate surface area is 101 Å². The number of hydrogen-bond donors (Lipinski definition) is 0. The number of alkyl halides is 1. The number of hydrogen-bond acceptors (Lipinski definition) is 2. The summed E-state index contributed by atoms with van der Waals surface area (Å²) in [5.74, 6) is 0.151. The summed E-state index contributed by atoms with van der Waals surface area (Å²) in [6.07, 6.45) is 3.09. The lowest BCUT2D eigenvalue weighted by Crippen LogP contribution is -2.40. The Balaban J connectivity index is 2.03. The van der Waals surface area contributed by atoms with Crippen molar-refractivity contribution in [1.29, 1.82) is 0 Å². The van der Waals surface area contributed by atoms with Crippen LogP contribution in [0, 0.1) is 11.7 Å². The fourth-order valence-electron chi connectivity index (χ4n) is 2.39. The summed E-state index contributed by atoms with van der Waals surface area (Å²) < 4.78 is 27.3. The van der Waals surface area contributed by atoms with Crippen LogP contribution in [0.15, 0.2) is 18.3 Å². The highest BCUT2D eigenvalue weighted by atomic mass is 19.1. The van der Waals surface area contributed by atoms with Crippen molar-refractivity contribution in [3.8, 4) is 0 Å². The molecule has 0 N–H and O–H groups in total. The first-order valence-electron chi connectivity index (χ1n) is 6.03. The number of pyridine rings is 1. The van der Waals surface area contributed by atoms with Crippen molar-refractivity contribution in [1.82, 2.24) is 4.98 Å². The lowest BCUT2D eigenvalue weighted by atomic mass is 9.84. The van der Waals surface area contributed by atoms with Gasteiger partial charge in [-0.1, -0.05) is 0 Å². The molecule has 1 fully saturated rings. The molecule has 0 amide bonds. The number of nitrogens with zero attached hydrogens (tertiary/aromatic N) is 2. The highest BCUT2D eigenvalue weighted by Crippen LogP contribution is 2.32. The lowest BCUT2D eigenvalue weighted by molar-refractivity contribution is 0.104. The predicted molar refractivity (Wildman–Crippen MR) is 64.3 cm³/mol. The molecule has 1 aliphatic rings. The second kappa shape index (κ2) is 4.59. The molecule has 4 heteroatoms. The fraction of sp³-hybridized carbons (Fsp3) is 0.615. The van der Waals surface area contributed by atoms with E-state index in [4.69, 9.17) is 0 Å². The maximum Gasteiger partial charge on any atom is 0.165 e. The fourth-order valence-corrected chi connectivity index (χ4v) is 2.39. The van der Waals surface area contributed by atoms with Crippen LogP contribution in [0.4, 0.5) is 14.6 Å². The number of anilines is 1. The third-order valence-electron chi connectivity index (χ3n) is 3.50. The van der Waals surface area contributed by atoms with Gasteiger partial charge in [0, 0.05) is 19.3 Å². The van der Waals surface area contributed by atoms with Crippen molar-refractivity contribution in [2.45, 2.75) is 32.4 Å². The molecular formula is C13H18F2N2. The van der Waals surface area contributed by atoms with E-state index in [2.05, 4.69) is 4.98 Å². The molecular weight excluding hydrogens is 222 g/mol. The highest BCUT2D eigenvalue weighted by Gasteiger charge is 2.33. The van der Waals surface area contributed by atoms with Crippen LogP contribution in [-0.2, 0) is 0 Å². The standard InChI is InChI=1S/C13H18F2N2/c1-13(2,15)10-5-8-17(9-6-10)12-11(14)4-3-7-16-12/h3-4,7,10H,5-6,8-9H2,1-2H3. The third kappa shape index (κ3) is 2.73. The van der Waals surface area contributed by atoms with E-state index in [9.17, 15) is 8.78 Å². The number of piperidine rings is 1. The molecule has 0 spiro atoms. The minimum Gasteiger partial charge on any atom is -0.354 e. The summed E-state index contributed by atoms with van der Waals surface area (Å²) in [6, 6.07) is 2.99. The minimum absolute atomic E-state index is 0.0607. The Kier molecular flexibility index (Phi) is 3.31. The molecule has 1 aromatic rings. The number of halogens is 2. The van der Waals surface area contributed by atoms with Crippen LogP contribution in [0.3, 0.4) is 0 Å². The molecule has 1 aliphatic heterocycles. The number of aromatic nitrogens is 1. The van der Waals surface area contributed by atoms with E-state index in [0.29, 0.717) is 18.9 Å². The van der Waals surface area contributed by atoms with Gasteiger partial charge in [0.2, 0.25) is 0 Å². The summed E-state index contributed by atoms with van der Waals surface area (Å²) >= 11 is 0. The van der Waals surface area contributed by atoms with Crippen LogP contribution in [0.5, 0.6) is 0 Å². The van der Waals surface area contributed by atoms with E-state index in [1.165, 1.54) is 6.07 Å². The van der Waals surface area contributed by atoms with Gasteiger partial charge < -0.3 is 4.90 Å². The zero-order chi connectivity index (χ0) is 12.5. The second-order valence-electron chi connectivity index (χ2n) is 5.13. The van der Waals surface area contributed by atoms with Gasteiger partial charge in [0.05, 0.1) is 0 Å². The van der Waals surface area contributed by atoms with Crippen LogP contribution in [0.1, 0.15) is 26.7 Å². The average Bonchev–Trinajstić information content (AvgIpc) is 2.29. The van der Waals surface area contributed by atoms with Gasteiger partial charge in [-0.2, -0.15) is 0 Å². The molecule has 0 saturated carbocycles. The van der Waals surface area contributed by atoms with E-state index in [-0.39, 0.29) is 11.7 Å². The second-order valence-corrected chi connectivity index (χ2v) is 5.13. The quantitative estimate of drug-likeness (QED) is 0.789. The van der Waals surface area contributed by atoms with Crippen LogP contribution >= 0.6 is 0 Å². The molecule has 94 valence electrons. The maximum atomic E-state index is 13.8. The van der Waals surface area contributed by atoms with Crippen LogP contribution in [0.2, 0.25) is 0 Å². The van der Waals surface area contributed by atoms with Gasteiger partial charge in [0.25, 0.3) is 0 Å². The SMILES string of the molecule is CC(C)(F)C1CCN(c2ncccc2F)CC1. The Morgan fingerprint density at radius 3 is 2.53 bits per heavy atom. The molecule has 0 aromatic carbocycles. The molecule has 0 radical (unpaired) electrons. The normalized spacial score (nSPS) is 18.5. The Morgan fingerprint density at radius 1 is 1.35 bits per heavy atom. The zero-order valence-electron chi connectivity index (χ0n) is 10.3. The molecule has 2 rings (SSSR count). The third-order valence-corrected chi connectivity index (χ3v) is 3.50. The van der Waals surface area contributed by atoms with E-state index in [0.717, 1.165) is 12.8 Å². The molecule has 0 bridgehead atoms. The highest BCUT2D eigenvalue weighted by molar-refractivity contribution is 5.39. The van der Waals surface area contributed by atoms with Gasteiger partial charge in [-0.15, -0.1) is 0 Å². The largest absolute Gasteiger partial charge is 0.354 e. The minimum atomic E-state index is -1.14. The summed E-state index contributed by atoms with van der Waals surface area (Å²) in [7, 11) is 0. The molecule has 1 aromatic heterocycles. The molecule has 0 aliphatic carbocycles. The average molecular weight is 240 g/mol. The van der Waals surface area contributed by atoms with E-state index in [1.54, 1.807) is 26.1 Å². The Morgan fingerprint density at radius 2 is 2.00 bits per heavy atom. The topological polar surface area (TPSA) is 16.1 Å². The van der Waals surface area contributed by atoms with E-state index in [1.807, 2.05) is 4.90 Å². The van der Waals surface area contributed by atoms with E-state index >= 15 is 0 Å². The summed E-state index contributed by atoms with van der Waals surface area (Å²) in [5.41, 5.74) is -1.14. The molecule has 1 saturated heterocycles. The van der Waals surface area contributed by atoms with Crippen LogP contribution < -0.4 is 4.90 Å². The van der Waals surface area contributed by atoms with Crippen molar-refractivity contribution in [3.05, 3.63) is 24.1 Å². The van der Waals surface area contributed by atoms with Gasteiger partial charge in [0.1, 0.15) is 5.67 Å². The first-order chi connectivity index (χ1) is 7.98. The van der Waals surface area contributed by atoms with Gasteiger partial charge in [-0.25, -0.2) is 13.8 Å². The zero-order valence-corrected chi connectivity index (χ0v) is 10.3. The summed E-state index contributed by atoms with van der Waals surface area (Å²) in [4.78, 5) is 5.95. The van der Waals surface area contributed by atoms with Gasteiger partial charge >= 0.3 is 0 Å². The molecule has 2 nitrogen and oxygen atoms in total. The first-order valence-corrected chi connectivity index (χ1v) is 6.03. The Hall–Kier alpha value is -1.19. The van der Waals surface area contributed by atoms with Crippen molar-refractivity contribution in [3.63, 3.8) is 0 Å². The number of rotatable bonds is 2. The Bertz CT molecular complexity index is 379. The molecule has 17 heavy (non-hydrogen) atoms. The van der Waals surface area contributed by atoms with Crippen LogP contribution in [0.25, 0.3) is 0 Å². The van der Waals surface area contributed by atoms with Crippen molar-refractivity contribution >= 4 is 5.82 Å². The van der Waals surface area contributed by atoms with Crippen molar-refractivity contribution in [2.24, 2.45) is 5.92 Å². The first kappa shape index (κ1) is 12.3. The van der Waals surface area contributed by atoms with Crippen LogP contribution in [-0.4, -0.2) is 23.7 Å². The van der Waals surface area contributed by atoms with E-state index < -0.39 is 5.67 Å². The van der Waals surface area contributed by atoms with Crippen molar-refractivity contribution in [2.75, 3.05) is 18.0 Å². The maximum absolute atomic E-state index is 13.8. The molecule has 2 heterocycles. The summed E-state index contributed by atoms with van der Waals surface area (Å²) in [6.45, 7) is 4.58. The summed E-state index contributed by atoms with van der Waals surface area (Å²) in [5, 5.41) is 0. The van der Waals surface area contributed by atoms with Crippen molar-refractivity contribution < 1.29 is 8.78 Å². The molecule has 0 atom stereocenters. The predicted octanol–water partition coefficient (Wildman–Crippen LogP) is 3.19. The van der Waals surface area contributed by atoms with Gasteiger partial charge in [-0.05, 0) is 44.7 Å². The lowest BCUT2D eigenvalue weighted by Gasteiger charge is -2.37. The van der Waals surface area contributed by atoms with Gasteiger partial charge in [-0.3, -0.25) is 0 Å².